The summed E-state index contributed by atoms with van der Waals surface area (Å²) in [6.07, 6.45) is 0. The summed E-state index contributed by atoms with van der Waals surface area (Å²) in [5.74, 6) is 0.479. The predicted molar refractivity (Wildman–Crippen MR) is 78.9 cm³/mol. The van der Waals surface area contributed by atoms with Crippen molar-refractivity contribution in [1.29, 1.82) is 0 Å². The van der Waals surface area contributed by atoms with E-state index in [0.29, 0.717) is 5.92 Å². The number of nitrogen functional groups attached to an aromatic ring is 1. The molecule has 2 aromatic rings. The van der Waals surface area contributed by atoms with E-state index in [4.69, 9.17) is 5.73 Å². The average molecular weight is 240 g/mol. The lowest BCUT2D eigenvalue weighted by Crippen LogP contribution is -2.11. The highest BCUT2D eigenvalue weighted by Crippen LogP contribution is 2.22. The van der Waals surface area contributed by atoms with E-state index in [1.54, 1.807) is 0 Å². The van der Waals surface area contributed by atoms with Crippen LogP contribution >= 0.6 is 0 Å². The molecule has 0 aliphatic rings. The van der Waals surface area contributed by atoms with E-state index in [1.807, 2.05) is 25.1 Å². The lowest BCUT2D eigenvalue weighted by Gasteiger charge is -2.16. The summed E-state index contributed by atoms with van der Waals surface area (Å²) in [6.45, 7) is 5.18. The number of hydrogen-bond acceptors (Lipinski definition) is 2. The van der Waals surface area contributed by atoms with Gasteiger partial charge in [-0.3, -0.25) is 0 Å². The summed E-state index contributed by atoms with van der Waals surface area (Å²) < 4.78 is 0. The van der Waals surface area contributed by atoms with E-state index in [2.05, 4.69) is 42.6 Å². The molecule has 2 rings (SSSR count). The molecule has 18 heavy (non-hydrogen) atoms. The van der Waals surface area contributed by atoms with Crippen molar-refractivity contribution in [2.45, 2.75) is 19.8 Å². The first kappa shape index (κ1) is 12.5. The number of nitrogens with two attached hydrogens (primary N) is 1. The lowest BCUT2D eigenvalue weighted by atomic mass is 10.0. The van der Waals surface area contributed by atoms with E-state index in [0.717, 1.165) is 23.5 Å². The van der Waals surface area contributed by atoms with E-state index < -0.39 is 0 Å². The van der Waals surface area contributed by atoms with E-state index in [9.17, 15) is 0 Å². The van der Waals surface area contributed by atoms with Gasteiger partial charge in [0.15, 0.2) is 0 Å². The third kappa shape index (κ3) is 2.83. The maximum Gasteiger partial charge on any atom is 0.0390 e. The molecule has 0 spiro atoms. The Bertz CT molecular complexity index is 506. The maximum absolute atomic E-state index is 5.90. The second-order valence-electron chi connectivity index (χ2n) is 4.71. The highest BCUT2D eigenvalue weighted by Gasteiger charge is 2.06. The Kier molecular flexibility index (Phi) is 3.88. The Labute approximate surface area is 109 Å². The molecule has 0 saturated carbocycles. The van der Waals surface area contributed by atoms with Gasteiger partial charge in [0.05, 0.1) is 0 Å². The van der Waals surface area contributed by atoms with Crippen LogP contribution in [0.5, 0.6) is 0 Å². The zero-order chi connectivity index (χ0) is 13.0. The number of anilines is 2. The van der Waals surface area contributed by atoms with Crippen LogP contribution in [-0.4, -0.2) is 6.54 Å². The number of rotatable bonds is 4. The maximum atomic E-state index is 5.90. The highest BCUT2D eigenvalue weighted by atomic mass is 14.9. The number of benzene rings is 2. The molecule has 0 amide bonds. The normalized spacial score (nSPS) is 12.1. The minimum absolute atomic E-state index is 0.479. The minimum atomic E-state index is 0.479. The fraction of sp³-hybridized carbons (Fsp3) is 0.250. The standard InChI is InChI=1S/C16H20N2/c1-12(14-7-4-3-5-8-14)11-18-16-10-6-9-15(17)13(16)2/h3-10,12,18H,11,17H2,1-2H3. The Morgan fingerprint density at radius 1 is 1.06 bits per heavy atom. The van der Waals surface area contributed by atoms with Crippen LogP contribution in [0.1, 0.15) is 24.0 Å². The average Bonchev–Trinajstić information content (AvgIpc) is 2.41. The summed E-state index contributed by atoms with van der Waals surface area (Å²) in [6, 6.07) is 16.5. The monoisotopic (exact) mass is 240 g/mol. The summed E-state index contributed by atoms with van der Waals surface area (Å²) in [4.78, 5) is 0. The van der Waals surface area contributed by atoms with Gasteiger partial charge < -0.3 is 11.1 Å². The van der Waals surface area contributed by atoms with Crippen LogP contribution in [0, 0.1) is 6.92 Å². The fourth-order valence-electron chi connectivity index (χ4n) is 2.01. The first-order chi connectivity index (χ1) is 8.68. The van der Waals surface area contributed by atoms with Crippen molar-refractivity contribution in [3.05, 3.63) is 59.7 Å². The van der Waals surface area contributed by atoms with E-state index in [1.165, 1.54) is 5.56 Å². The van der Waals surface area contributed by atoms with Gasteiger partial charge in [0.25, 0.3) is 0 Å². The van der Waals surface area contributed by atoms with Gasteiger partial charge in [-0.1, -0.05) is 43.3 Å². The Hall–Kier alpha value is -1.96. The van der Waals surface area contributed by atoms with Crippen molar-refractivity contribution in [1.82, 2.24) is 0 Å². The van der Waals surface area contributed by atoms with Crippen molar-refractivity contribution >= 4 is 11.4 Å². The van der Waals surface area contributed by atoms with E-state index in [-0.39, 0.29) is 0 Å². The molecular weight excluding hydrogens is 220 g/mol. The van der Waals surface area contributed by atoms with Gasteiger partial charge in [0.1, 0.15) is 0 Å². The molecule has 94 valence electrons. The predicted octanol–water partition coefficient (Wildman–Crippen LogP) is 3.79. The largest absolute Gasteiger partial charge is 0.398 e. The molecule has 0 aliphatic carbocycles. The van der Waals surface area contributed by atoms with Crippen LogP contribution in [0.15, 0.2) is 48.5 Å². The van der Waals surface area contributed by atoms with Gasteiger partial charge in [-0.2, -0.15) is 0 Å². The second-order valence-corrected chi connectivity index (χ2v) is 4.71. The Morgan fingerprint density at radius 2 is 1.78 bits per heavy atom. The molecule has 0 aliphatic heterocycles. The first-order valence-electron chi connectivity index (χ1n) is 6.32. The van der Waals surface area contributed by atoms with Gasteiger partial charge in [0, 0.05) is 17.9 Å². The van der Waals surface area contributed by atoms with Crippen LogP contribution in [0.4, 0.5) is 11.4 Å². The van der Waals surface area contributed by atoms with Crippen LogP contribution in [0.3, 0.4) is 0 Å². The molecule has 0 radical (unpaired) electrons. The highest BCUT2D eigenvalue weighted by molar-refractivity contribution is 5.62. The Morgan fingerprint density at radius 3 is 2.50 bits per heavy atom. The topological polar surface area (TPSA) is 38.0 Å². The van der Waals surface area contributed by atoms with Gasteiger partial charge in [-0.25, -0.2) is 0 Å². The van der Waals surface area contributed by atoms with Crippen molar-refractivity contribution in [2.75, 3.05) is 17.6 Å². The van der Waals surface area contributed by atoms with Gasteiger partial charge in [0.2, 0.25) is 0 Å². The molecule has 0 saturated heterocycles. The van der Waals surface area contributed by atoms with Gasteiger partial charge >= 0.3 is 0 Å². The van der Waals surface area contributed by atoms with Gasteiger partial charge in [-0.05, 0) is 36.1 Å². The molecule has 2 heteroatoms. The van der Waals surface area contributed by atoms with Crippen molar-refractivity contribution < 1.29 is 0 Å². The molecule has 1 atom stereocenters. The van der Waals surface area contributed by atoms with Crippen LogP contribution < -0.4 is 11.1 Å². The molecule has 0 bridgehead atoms. The number of nitrogens with one attached hydrogen (secondary N) is 1. The third-order valence-electron chi connectivity index (χ3n) is 3.34. The second kappa shape index (κ2) is 5.58. The molecule has 0 fully saturated rings. The van der Waals surface area contributed by atoms with Crippen molar-refractivity contribution in [2.24, 2.45) is 0 Å². The minimum Gasteiger partial charge on any atom is -0.398 e. The molecule has 2 aromatic carbocycles. The molecule has 2 nitrogen and oxygen atoms in total. The zero-order valence-electron chi connectivity index (χ0n) is 11.0. The smallest absolute Gasteiger partial charge is 0.0390 e. The van der Waals surface area contributed by atoms with Crippen molar-refractivity contribution in [3.8, 4) is 0 Å². The molecule has 0 heterocycles. The fourth-order valence-corrected chi connectivity index (χ4v) is 2.01. The molecule has 0 aromatic heterocycles. The molecule has 1 unspecified atom stereocenters. The zero-order valence-corrected chi connectivity index (χ0v) is 11.0. The summed E-state index contributed by atoms with van der Waals surface area (Å²) in [7, 11) is 0. The van der Waals surface area contributed by atoms with E-state index >= 15 is 0 Å². The number of hydrogen-bond donors (Lipinski definition) is 2. The van der Waals surface area contributed by atoms with Crippen molar-refractivity contribution in [3.63, 3.8) is 0 Å². The molecule has 3 N–H and O–H groups in total. The SMILES string of the molecule is Cc1c(N)cccc1NCC(C)c1ccccc1. The summed E-state index contributed by atoms with van der Waals surface area (Å²) >= 11 is 0. The van der Waals surface area contributed by atoms with Crippen LogP contribution in [0.25, 0.3) is 0 Å². The molecular formula is C16H20N2. The van der Waals surface area contributed by atoms with Crippen LogP contribution in [-0.2, 0) is 0 Å². The summed E-state index contributed by atoms with van der Waals surface area (Å²) in [5.41, 5.74) is 10.3. The lowest BCUT2D eigenvalue weighted by molar-refractivity contribution is 0.804. The quantitative estimate of drug-likeness (QED) is 0.798. The first-order valence-corrected chi connectivity index (χ1v) is 6.32. The Balaban J connectivity index is 2.02. The van der Waals surface area contributed by atoms with Crippen LogP contribution in [0.2, 0.25) is 0 Å². The summed E-state index contributed by atoms with van der Waals surface area (Å²) in [5, 5.41) is 3.47. The van der Waals surface area contributed by atoms with Gasteiger partial charge in [-0.15, -0.1) is 0 Å². The third-order valence-corrected chi connectivity index (χ3v) is 3.34.